The van der Waals surface area contributed by atoms with Gasteiger partial charge in [0.2, 0.25) is 0 Å². The Kier molecular flexibility index (Phi) is 5.51. The van der Waals surface area contributed by atoms with E-state index in [1.807, 2.05) is 0 Å². The summed E-state index contributed by atoms with van der Waals surface area (Å²) in [6.45, 7) is 3.40. The second-order valence-electron chi connectivity index (χ2n) is 5.90. The van der Waals surface area contributed by atoms with E-state index in [0.29, 0.717) is 27.4 Å². The van der Waals surface area contributed by atoms with Gasteiger partial charge in [-0.1, -0.05) is 29.8 Å². The number of rotatable bonds is 3. The maximum atomic E-state index is 14.9. The summed E-state index contributed by atoms with van der Waals surface area (Å²) in [5.41, 5.74) is 1.77. The highest BCUT2D eigenvalue weighted by molar-refractivity contribution is 6.30. The molecule has 0 aliphatic carbocycles. The smallest absolute Gasteiger partial charge is 0.360 e. The average molecular weight is 401 g/mol. The van der Waals surface area contributed by atoms with Crippen LogP contribution in [0, 0.1) is 5.82 Å². The molecule has 5 nitrogen and oxygen atoms in total. The number of hydrazone groups is 1. The molecule has 0 spiro atoms. The molecular formula is C21H18ClFN2O3. The van der Waals surface area contributed by atoms with Crippen LogP contribution in [0.15, 0.2) is 53.3 Å². The third-order valence-electron chi connectivity index (χ3n) is 4.33. The molecule has 0 saturated carbocycles. The lowest BCUT2D eigenvalue weighted by atomic mass is 9.88. The number of hydrogen-bond acceptors (Lipinski definition) is 5. The zero-order valence-corrected chi connectivity index (χ0v) is 16.3. The van der Waals surface area contributed by atoms with Gasteiger partial charge in [0.1, 0.15) is 5.82 Å². The number of carbonyl (C=O) groups excluding carboxylic acids is 1. The summed E-state index contributed by atoms with van der Waals surface area (Å²) in [5.74, 6) is -1.60. The number of carbonyl (C=O) groups is 1. The van der Waals surface area contributed by atoms with Crippen molar-refractivity contribution in [2.45, 2.75) is 13.8 Å². The highest BCUT2D eigenvalue weighted by Crippen LogP contribution is 2.44. The van der Waals surface area contributed by atoms with E-state index in [4.69, 9.17) is 16.3 Å². The fourth-order valence-electron chi connectivity index (χ4n) is 3.20. The maximum absolute atomic E-state index is 14.9. The van der Waals surface area contributed by atoms with Gasteiger partial charge in [0.25, 0.3) is 0 Å². The van der Waals surface area contributed by atoms with Crippen molar-refractivity contribution in [1.29, 1.82) is 0 Å². The van der Waals surface area contributed by atoms with Crippen molar-refractivity contribution in [2.75, 3.05) is 7.11 Å². The van der Waals surface area contributed by atoms with Crippen LogP contribution in [0.5, 0.6) is 0 Å². The predicted molar refractivity (Wildman–Crippen MR) is 108 cm³/mol. The first kappa shape index (κ1) is 19.6. The number of aliphatic hydroxyl groups excluding tert-OH is 1. The van der Waals surface area contributed by atoms with E-state index >= 15 is 0 Å². The summed E-state index contributed by atoms with van der Waals surface area (Å²) >= 11 is 6.10. The number of nitrogens with zero attached hydrogens (tertiary/aromatic N) is 2. The molecule has 0 fully saturated rings. The molecule has 0 atom stereocenters. The molecule has 1 heterocycles. The topological polar surface area (TPSA) is 62.1 Å². The number of aliphatic hydroxyl groups is 1. The molecule has 0 radical (unpaired) electrons. The van der Waals surface area contributed by atoms with Gasteiger partial charge in [-0.05, 0) is 43.7 Å². The van der Waals surface area contributed by atoms with Crippen LogP contribution < -0.4 is 0 Å². The molecule has 2 aromatic rings. The Morgan fingerprint density at radius 2 is 2.00 bits per heavy atom. The Morgan fingerprint density at radius 3 is 2.61 bits per heavy atom. The average Bonchev–Trinajstić information content (AvgIpc) is 2.68. The molecule has 2 aromatic carbocycles. The van der Waals surface area contributed by atoms with Crippen molar-refractivity contribution < 1.29 is 19.0 Å². The van der Waals surface area contributed by atoms with Gasteiger partial charge in [-0.3, -0.25) is 0 Å². The number of esters is 1. The SMILES string of the molecule is C/C=N\N1C(C(=O)OC)=C(O)c2ccc(F)c(-c3cccc(Cl)c3)c2/C1=C\C. The molecule has 1 N–H and O–H groups in total. The minimum atomic E-state index is -0.762. The monoisotopic (exact) mass is 400 g/mol. The molecule has 0 aromatic heterocycles. The van der Waals surface area contributed by atoms with Crippen molar-refractivity contribution in [2.24, 2.45) is 5.10 Å². The number of hydrogen-bond donors (Lipinski definition) is 1. The van der Waals surface area contributed by atoms with Crippen molar-refractivity contribution in [3.8, 4) is 11.1 Å². The van der Waals surface area contributed by atoms with Crippen LogP contribution in [0.1, 0.15) is 25.0 Å². The second-order valence-corrected chi connectivity index (χ2v) is 6.34. The summed E-state index contributed by atoms with van der Waals surface area (Å²) < 4.78 is 19.8. The molecule has 1 aliphatic rings. The lowest BCUT2D eigenvalue weighted by Gasteiger charge is -2.31. The van der Waals surface area contributed by atoms with Crippen molar-refractivity contribution in [3.63, 3.8) is 0 Å². The minimum Gasteiger partial charge on any atom is -0.505 e. The lowest BCUT2D eigenvalue weighted by Crippen LogP contribution is -2.29. The first-order valence-electron chi connectivity index (χ1n) is 8.50. The Balaban J connectivity index is 2.43. The summed E-state index contributed by atoms with van der Waals surface area (Å²) in [6.07, 6.45) is 3.15. The molecule has 1 aliphatic heterocycles. The van der Waals surface area contributed by atoms with Crippen LogP contribution in [0.4, 0.5) is 4.39 Å². The van der Waals surface area contributed by atoms with Crippen molar-refractivity contribution in [1.82, 2.24) is 5.01 Å². The van der Waals surface area contributed by atoms with Gasteiger partial charge < -0.3 is 9.84 Å². The maximum Gasteiger partial charge on any atom is 0.360 e. The number of ether oxygens (including phenoxy) is 1. The third kappa shape index (κ3) is 3.16. The zero-order valence-electron chi connectivity index (χ0n) is 15.5. The fourth-order valence-corrected chi connectivity index (χ4v) is 3.39. The Hall–Kier alpha value is -3.12. The normalized spacial score (nSPS) is 15.3. The van der Waals surface area contributed by atoms with E-state index < -0.39 is 11.8 Å². The molecule has 7 heteroatoms. The van der Waals surface area contributed by atoms with E-state index in [9.17, 15) is 14.3 Å². The number of benzene rings is 2. The van der Waals surface area contributed by atoms with Crippen LogP contribution in [-0.2, 0) is 9.53 Å². The standard InChI is InChI=1S/C21H18ClFN2O3/c1-4-16-18-14(20(26)19(21(27)28-3)25(16)24-5-2)9-10-15(23)17(18)12-7-6-8-13(22)11-12/h4-11,26H,1-3H3/b16-4+,24-5-. The molecular weight excluding hydrogens is 383 g/mol. The summed E-state index contributed by atoms with van der Waals surface area (Å²) in [7, 11) is 1.21. The lowest BCUT2D eigenvalue weighted by molar-refractivity contribution is -0.137. The molecule has 28 heavy (non-hydrogen) atoms. The summed E-state index contributed by atoms with van der Waals surface area (Å²) in [4.78, 5) is 12.3. The highest BCUT2D eigenvalue weighted by atomic mass is 35.5. The van der Waals surface area contributed by atoms with Crippen LogP contribution in [0.25, 0.3) is 22.6 Å². The van der Waals surface area contributed by atoms with Crippen LogP contribution >= 0.6 is 11.6 Å². The van der Waals surface area contributed by atoms with Gasteiger partial charge in [0.05, 0.1) is 12.8 Å². The molecule has 0 unspecified atom stereocenters. The van der Waals surface area contributed by atoms with Gasteiger partial charge in [-0.15, -0.1) is 0 Å². The Labute approximate surface area is 167 Å². The molecule has 0 bridgehead atoms. The van der Waals surface area contributed by atoms with E-state index in [-0.39, 0.29) is 17.0 Å². The van der Waals surface area contributed by atoms with Crippen LogP contribution in [-0.4, -0.2) is 29.4 Å². The van der Waals surface area contributed by atoms with Gasteiger partial charge in [0.15, 0.2) is 11.5 Å². The summed E-state index contributed by atoms with van der Waals surface area (Å²) in [6, 6.07) is 9.43. The largest absolute Gasteiger partial charge is 0.505 e. The highest BCUT2D eigenvalue weighted by Gasteiger charge is 2.36. The molecule has 144 valence electrons. The minimum absolute atomic E-state index is 0.148. The number of allylic oxidation sites excluding steroid dienone is 1. The molecule has 0 saturated heterocycles. The second kappa shape index (κ2) is 7.86. The molecule has 0 amide bonds. The number of halogens is 2. The van der Waals surface area contributed by atoms with Crippen LogP contribution in [0.3, 0.4) is 0 Å². The van der Waals surface area contributed by atoms with Gasteiger partial charge in [-0.2, -0.15) is 5.10 Å². The number of methoxy groups -OCH3 is 1. The first-order chi connectivity index (χ1) is 13.4. The van der Waals surface area contributed by atoms with Gasteiger partial charge >= 0.3 is 5.97 Å². The van der Waals surface area contributed by atoms with Gasteiger partial charge in [-0.25, -0.2) is 14.2 Å². The first-order valence-corrected chi connectivity index (χ1v) is 8.88. The van der Waals surface area contributed by atoms with Crippen LogP contribution in [0.2, 0.25) is 5.02 Å². The zero-order chi connectivity index (χ0) is 20.4. The Bertz CT molecular complexity index is 1040. The van der Waals surface area contributed by atoms with Crippen molar-refractivity contribution >= 4 is 35.2 Å². The molecule has 3 rings (SSSR count). The van der Waals surface area contributed by atoms with E-state index in [1.165, 1.54) is 30.5 Å². The third-order valence-corrected chi connectivity index (χ3v) is 4.56. The predicted octanol–water partition coefficient (Wildman–Crippen LogP) is 5.23. The van der Waals surface area contributed by atoms with E-state index in [2.05, 4.69) is 5.10 Å². The number of fused-ring (bicyclic) bond motifs is 1. The fraction of sp³-hybridized carbons (Fsp3) is 0.143. The quantitative estimate of drug-likeness (QED) is 0.566. The van der Waals surface area contributed by atoms with E-state index in [0.717, 1.165) is 0 Å². The van der Waals surface area contributed by atoms with Gasteiger partial charge in [0, 0.05) is 27.9 Å². The Morgan fingerprint density at radius 1 is 1.25 bits per heavy atom. The van der Waals surface area contributed by atoms with E-state index in [1.54, 1.807) is 44.2 Å². The summed E-state index contributed by atoms with van der Waals surface area (Å²) in [5, 5.41) is 16.7. The van der Waals surface area contributed by atoms with Crippen molar-refractivity contribution in [3.05, 3.63) is 70.1 Å².